The van der Waals surface area contributed by atoms with Crippen molar-refractivity contribution < 1.29 is 32.2 Å². The van der Waals surface area contributed by atoms with Gasteiger partial charge in [-0.3, -0.25) is 9.59 Å². The van der Waals surface area contributed by atoms with E-state index in [1.807, 2.05) is 12.3 Å². The standard InChI is InChI=1S/C24H29F3N4O4S/c1-36-13-20(32)29-22-21-19(30-31(22)12-18-6-3-9-34-18)11-16(28-23(21)33)8-7-15-4-2-5-17(10-15)35-14-24(25,26)27/h2,4-5,10,16,18H,3,6-9,11-14H2,1H3,(H,28,33)(H,29,32). The minimum absolute atomic E-state index is 0.0201. The Bertz CT molecular complexity index is 1090. The van der Waals surface area contributed by atoms with Gasteiger partial charge in [-0.15, -0.1) is 0 Å². The molecule has 2 aliphatic heterocycles. The number of benzene rings is 1. The lowest BCUT2D eigenvalue weighted by molar-refractivity contribution is -0.153. The summed E-state index contributed by atoms with van der Waals surface area (Å²) < 4.78 is 49.5. The van der Waals surface area contributed by atoms with Crippen LogP contribution in [-0.2, 0) is 28.9 Å². The van der Waals surface area contributed by atoms with Crippen LogP contribution in [0.4, 0.5) is 19.0 Å². The van der Waals surface area contributed by atoms with Gasteiger partial charge >= 0.3 is 6.18 Å². The number of carbonyl (C=O) groups excluding carboxylic acids is 2. The van der Waals surface area contributed by atoms with Crippen LogP contribution in [0.3, 0.4) is 0 Å². The smallest absolute Gasteiger partial charge is 0.422 e. The predicted molar refractivity (Wildman–Crippen MR) is 129 cm³/mol. The number of halogens is 3. The number of rotatable bonds is 10. The van der Waals surface area contributed by atoms with E-state index in [-0.39, 0.29) is 35.5 Å². The maximum Gasteiger partial charge on any atom is 0.422 e. The Balaban J connectivity index is 1.45. The molecule has 2 aromatic rings. The molecule has 2 unspecified atom stereocenters. The summed E-state index contributed by atoms with van der Waals surface area (Å²) in [6.45, 7) is -0.211. The fourth-order valence-electron chi connectivity index (χ4n) is 4.45. The largest absolute Gasteiger partial charge is 0.484 e. The zero-order chi connectivity index (χ0) is 25.7. The summed E-state index contributed by atoms with van der Waals surface area (Å²) in [6, 6.07) is 6.32. The molecule has 8 nitrogen and oxygen atoms in total. The number of fused-ring (bicyclic) bond motifs is 1. The van der Waals surface area contributed by atoms with E-state index in [9.17, 15) is 22.8 Å². The number of alkyl halides is 3. The molecule has 1 aromatic heterocycles. The minimum Gasteiger partial charge on any atom is -0.484 e. The Morgan fingerprint density at radius 1 is 1.39 bits per heavy atom. The van der Waals surface area contributed by atoms with Gasteiger partial charge in [0.1, 0.15) is 17.1 Å². The monoisotopic (exact) mass is 526 g/mol. The van der Waals surface area contributed by atoms with E-state index in [1.54, 1.807) is 16.8 Å². The first-order valence-corrected chi connectivity index (χ1v) is 13.2. The third-order valence-electron chi connectivity index (χ3n) is 6.04. The zero-order valence-corrected chi connectivity index (χ0v) is 20.7. The Morgan fingerprint density at radius 3 is 2.94 bits per heavy atom. The average Bonchev–Trinajstić information content (AvgIpc) is 3.45. The van der Waals surface area contributed by atoms with Crippen LogP contribution in [-0.4, -0.2) is 65.1 Å². The normalized spacial score (nSPS) is 19.6. The Kier molecular flexibility index (Phi) is 8.45. The van der Waals surface area contributed by atoms with Crippen molar-refractivity contribution in [1.29, 1.82) is 0 Å². The van der Waals surface area contributed by atoms with Gasteiger partial charge < -0.3 is 20.1 Å². The van der Waals surface area contributed by atoms with Gasteiger partial charge in [0.25, 0.3) is 5.91 Å². The van der Waals surface area contributed by atoms with Gasteiger partial charge in [-0.1, -0.05) is 12.1 Å². The molecule has 3 heterocycles. The van der Waals surface area contributed by atoms with E-state index < -0.39 is 12.8 Å². The van der Waals surface area contributed by atoms with Crippen molar-refractivity contribution in [2.45, 2.75) is 57.0 Å². The van der Waals surface area contributed by atoms with Crippen LogP contribution >= 0.6 is 11.8 Å². The number of anilines is 1. The summed E-state index contributed by atoms with van der Waals surface area (Å²) in [4.78, 5) is 25.4. The van der Waals surface area contributed by atoms with Crippen molar-refractivity contribution in [2.75, 3.05) is 30.5 Å². The molecule has 1 saturated heterocycles. The van der Waals surface area contributed by atoms with Crippen molar-refractivity contribution in [2.24, 2.45) is 0 Å². The molecule has 196 valence electrons. The quantitative estimate of drug-likeness (QED) is 0.492. The van der Waals surface area contributed by atoms with E-state index in [2.05, 4.69) is 15.7 Å². The molecule has 2 amide bonds. The van der Waals surface area contributed by atoms with Gasteiger partial charge in [0.2, 0.25) is 5.91 Å². The first kappa shape index (κ1) is 26.3. The number of aromatic nitrogens is 2. The molecule has 0 saturated carbocycles. The highest BCUT2D eigenvalue weighted by Gasteiger charge is 2.33. The summed E-state index contributed by atoms with van der Waals surface area (Å²) in [7, 11) is 0. The molecule has 1 fully saturated rings. The SMILES string of the molecule is CSCC(=O)Nc1c2c(nn1CC1CCCO1)CC(CCc1cccc(OCC(F)(F)F)c1)NC2=O. The van der Waals surface area contributed by atoms with Crippen LogP contribution in [0.25, 0.3) is 0 Å². The number of hydrogen-bond donors (Lipinski definition) is 2. The Labute approximate surface area is 211 Å². The molecule has 2 atom stereocenters. The summed E-state index contributed by atoms with van der Waals surface area (Å²) in [5.74, 6) is 0.293. The Morgan fingerprint density at radius 2 is 2.22 bits per heavy atom. The lowest BCUT2D eigenvalue weighted by Crippen LogP contribution is -2.41. The number of nitrogens with one attached hydrogen (secondary N) is 2. The summed E-state index contributed by atoms with van der Waals surface area (Å²) in [5.41, 5.74) is 1.80. The molecule has 36 heavy (non-hydrogen) atoms. The van der Waals surface area contributed by atoms with E-state index in [1.165, 1.54) is 17.8 Å². The maximum absolute atomic E-state index is 13.1. The second kappa shape index (κ2) is 11.5. The third kappa shape index (κ3) is 6.94. The molecule has 0 bridgehead atoms. The van der Waals surface area contributed by atoms with Crippen molar-refractivity contribution in [1.82, 2.24) is 15.1 Å². The van der Waals surface area contributed by atoms with Gasteiger partial charge in [0, 0.05) is 19.1 Å². The summed E-state index contributed by atoms with van der Waals surface area (Å²) in [5, 5.41) is 10.5. The maximum atomic E-state index is 13.1. The number of thioether (sulfide) groups is 1. The topological polar surface area (TPSA) is 94.5 Å². The van der Waals surface area contributed by atoms with Crippen molar-refractivity contribution in [3.63, 3.8) is 0 Å². The number of ether oxygens (including phenoxy) is 2. The van der Waals surface area contributed by atoms with Crippen LogP contribution in [0.2, 0.25) is 0 Å². The molecule has 0 radical (unpaired) electrons. The third-order valence-corrected chi connectivity index (χ3v) is 6.59. The summed E-state index contributed by atoms with van der Waals surface area (Å²) in [6.07, 6.45) is 0.852. The number of nitrogens with zero attached hydrogens (tertiary/aromatic N) is 2. The number of aryl methyl sites for hydroxylation is 1. The van der Waals surface area contributed by atoms with Crippen molar-refractivity contribution in [3.05, 3.63) is 41.1 Å². The van der Waals surface area contributed by atoms with Crippen LogP contribution in [0, 0.1) is 0 Å². The molecular weight excluding hydrogens is 497 g/mol. The molecule has 0 spiro atoms. The fraction of sp³-hybridized carbons (Fsp3) is 0.542. The van der Waals surface area contributed by atoms with E-state index in [0.717, 1.165) is 18.4 Å². The zero-order valence-electron chi connectivity index (χ0n) is 19.9. The lowest BCUT2D eigenvalue weighted by Gasteiger charge is -2.23. The predicted octanol–water partition coefficient (Wildman–Crippen LogP) is 3.59. The summed E-state index contributed by atoms with van der Waals surface area (Å²) >= 11 is 1.39. The first-order chi connectivity index (χ1) is 17.2. The molecule has 12 heteroatoms. The van der Waals surface area contributed by atoms with E-state index >= 15 is 0 Å². The first-order valence-electron chi connectivity index (χ1n) is 11.8. The second-order valence-corrected chi connectivity index (χ2v) is 9.80. The molecule has 0 aliphatic carbocycles. The highest BCUT2D eigenvalue weighted by Crippen LogP contribution is 2.28. The molecule has 1 aromatic carbocycles. The highest BCUT2D eigenvalue weighted by molar-refractivity contribution is 7.99. The fourth-order valence-corrected chi connectivity index (χ4v) is 4.78. The second-order valence-electron chi connectivity index (χ2n) is 8.93. The highest BCUT2D eigenvalue weighted by atomic mass is 32.2. The number of amides is 2. The van der Waals surface area contributed by atoms with Gasteiger partial charge in [-0.2, -0.15) is 30.0 Å². The van der Waals surface area contributed by atoms with E-state index in [4.69, 9.17) is 9.47 Å². The van der Waals surface area contributed by atoms with Crippen LogP contribution < -0.4 is 15.4 Å². The molecule has 2 aliphatic rings. The number of hydrogen-bond acceptors (Lipinski definition) is 6. The average molecular weight is 527 g/mol. The van der Waals surface area contributed by atoms with Gasteiger partial charge in [0.05, 0.1) is 24.1 Å². The van der Waals surface area contributed by atoms with Crippen LogP contribution in [0.1, 0.15) is 40.9 Å². The van der Waals surface area contributed by atoms with Gasteiger partial charge in [0.15, 0.2) is 6.61 Å². The van der Waals surface area contributed by atoms with Crippen molar-refractivity contribution in [3.8, 4) is 5.75 Å². The van der Waals surface area contributed by atoms with Crippen LogP contribution in [0.5, 0.6) is 5.75 Å². The van der Waals surface area contributed by atoms with E-state index in [0.29, 0.717) is 49.5 Å². The molecule has 4 rings (SSSR count). The Hall–Kier alpha value is -2.73. The minimum atomic E-state index is -4.40. The molecule has 2 N–H and O–H groups in total. The number of carbonyl (C=O) groups is 2. The lowest BCUT2D eigenvalue weighted by atomic mass is 9.96. The molecular formula is C24H29F3N4O4S. The van der Waals surface area contributed by atoms with Gasteiger partial charge in [-0.25, -0.2) is 4.68 Å². The van der Waals surface area contributed by atoms with Gasteiger partial charge in [-0.05, 0) is 49.6 Å². The van der Waals surface area contributed by atoms with Crippen LogP contribution in [0.15, 0.2) is 24.3 Å². The van der Waals surface area contributed by atoms with Crippen molar-refractivity contribution >= 4 is 29.4 Å².